The van der Waals surface area contributed by atoms with E-state index >= 15 is 0 Å². The molecule has 1 saturated heterocycles. The van der Waals surface area contributed by atoms with E-state index in [0.29, 0.717) is 17.5 Å². The van der Waals surface area contributed by atoms with Gasteiger partial charge in [0.25, 0.3) is 11.5 Å². The van der Waals surface area contributed by atoms with Crippen molar-refractivity contribution < 1.29 is 4.79 Å². The average Bonchev–Trinajstić information content (AvgIpc) is 3.14. The number of carbonyl (C=O) groups is 1. The van der Waals surface area contributed by atoms with Gasteiger partial charge in [0, 0.05) is 44.0 Å². The largest absolute Gasteiger partial charge is 0.337 e. The van der Waals surface area contributed by atoms with Crippen LogP contribution >= 0.6 is 0 Å². The number of pyridine rings is 1. The van der Waals surface area contributed by atoms with Crippen molar-refractivity contribution in [2.45, 2.75) is 31.7 Å². The molecule has 1 atom stereocenters. The SMILES string of the molecule is Cn1ccc(C(=O)N(CC2CC2)CC2CCCN2)cc1=O. The lowest BCUT2D eigenvalue weighted by atomic mass is 10.1. The van der Waals surface area contributed by atoms with Gasteiger partial charge in [0.05, 0.1) is 0 Å². The highest BCUT2D eigenvalue weighted by molar-refractivity contribution is 5.94. The second kappa shape index (κ2) is 6.02. The van der Waals surface area contributed by atoms with Crippen LogP contribution in [0.3, 0.4) is 0 Å². The third kappa shape index (κ3) is 3.53. The fourth-order valence-corrected chi connectivity index (χ4v) is 2.90. The number of carbonyl (C=O) groups excluding carboxylic acids is 1. The van der Waals surface area contributed by atoms with Gasteiger partial charge in [0.1, 0.15) is 0 Å². The molecule has 0 spiro atoms. The van der Waals surface area contributed by atoms with Crippen molar-refractivity contribution in [1.29, 1.82) is 0 Å². The maximum absolute atomic E-state index is 12.7. The molecule has 114 valence electrons. The van der Waals surface area contributed by atoms with Crippen LogP contribution in [-0.4, -0.2) is 41.1 Å². The number of nitrogens with one attached hydrogen (secondary N) is 1. The predicted molar refractivity (Wildman–Crippen MR) is 81.3 cm³/mol. The van der Waals surface area contributed by atoms with Gasteiger partial charge in [-0.3, -0.25) is 9.59 Å². The minimum atomic E-state index is -0.133. The van der Waals surface area contributed by atoms with Crippen LogP contribution in [0.4, 0.5) is 0 Å². The lowest BCUT2D eigenvalue weighted by molar-refractivity contribution is 0.0733. The van der Waals surface area contributed by atoms with Crippen LogP contribution in [0.5, 0.6) is 0 Å². The van der Waals surface area contributed by atoms with Crippen LogP contribution in [0.15, 0.2) is 23.1 Å². The molecule has 1 aromatic heterocycles. The summed E-state index contributed by atoms with van der Waals surface area (Å²) in [5, 5.41) is 3.45. The van der Waals surface area contributed by atoms with Gasteiger partial charge in [-0.15, -0.1) is 0 Å². The van der Waals surface area contributed by atoms with Gasteiger partial charge in [0.2, 0.25) is 0 Å². The summed E-state index contributed by atoms with van der Waals surface area (Å²) in [5.74, 6) is 0.648. The molecule has 3 rings (SSSR count). The zero-order valence-electron chi connectivity index (χ0n) is 12.5. The zero-order valence-corrected chi connectivity index (χ0v) is 12.5. The first kappa shape index (κ1) is 14.3. The lowest BCUT2D eigenvalue weighted by Crippen LogP contribution is -2.42. The van der Waals surface area contributed by atoms with E-state index in [2.05, 4.69) is 5.32 Å². The molecule has 2 fully saturated rings. The Labute approximate surface area is 124 Å². The third-order valence-corrected chi connectivity index (χ3v) is 4.42. The van der Waals surface area contributed by atoms with Crippen molar-refractivity contribution in [2.75, 3.05) is 19.6 Å². The van der Waals surface area contributed by atoms with Crippen molar-refractivity contribution in [3.8, 4) is 0 Å². The van der Waals surface area contributed by atoms with Gasteiger partial charge < -0.3 is 14.8 Å². The van der Waals surface area contributed by atoms with Crippen molar-refractivity contribution in [3.63, 3.8) is 0 Å². The van der Waals surface area contributed by atoms with E-state index in [9.17, 15) is 9.59 Å². The van der Waals surface area contributed by atoms with Gasteiger partial charge in [-0.1, -0.05) is 0 Å². The molecule has 0 radical (unpaired) electrons. The van der Waals surface area contributed by atoms with Crippen LogP contribution < -0.4 is 10.9 Å². The standard InChI is InChI=1S/C16H23N3O2/c1-18-8-6-13(9-15(18)20)16(21)19(10-12-4-5-12)11-14-3-2-7-17-14/h6,8-9,12,14,17H,2-5,7,10-11H2,1H3. The van der Waals surface area contributed by atoms with Crippen LogP contribution in [-0.2, 0) is 7.05 Å². The normalized spacial score (nSPS) is 21.5. The van der Waals surface area contributed by atoms with Crippen LogP contribution in [0.25, 0.3) is 0 Å². The Balaban J connectivity index is 1.74. The number of nitrogens with zero attached hydrogens (tertiary/aromatic N) is 2. The monoisotopic (exact) mass is 289 g/mol. The van der Waals surface area contributed by atoms with E-state index in [1.807, 2.05) is 4.90 Å². The fourth-order valence-electron chi connectivity index (χ4n) is 2.90. The number of aromatic nitrogens is 1. The number of aryl methyl sites for hydroxylation is 1. The molecule has 2 heterocycles. The van der Waals surface area contributed by atoms with Crippen molar-refractivity contribution in [1.82, 2.24) is 14.8 Å². The molecular weight excluding hydrogens is 266 g/mol. The molecule has 0 bridgehead atoms. The molecule has 1 unspecified atom stereocenters. The first-order valence-corrected chi connectivity index (χ1v) is 7.83. The summed E-state index contributed by atoms with van der Waals surface area (Å²) in [5.41, 5.74) is 0.378. The third-order valence-electron chi connectivity index (χ3n) is 4.42. The molecule has 1 amide bonds. The molecule has 1 N–H and O–H groups in total. The molecule has 1 aromatic rings. The van der Waals surface area contributed by atoms with Crippen molar-refractivity contribution in [3.05, 3.63) is 34.2 Å². The smallest absolute Gasteiger partial charge is 0.254 e. The van der Waals surface area contributed by atoms with E-state index in [-0.39, 0.29) is 11.5 Å². The number of amides is 1. The number of rotatable bonds is 5. The molecule has 0 aromatic carbocycles. The minimum absolute atomic E-state index is 0.00620. The van der Waals surface area contributed by atoms with E-state index in [0.717, 1.165) is 26.1 Å². The molecule has 1 saturated carbocycles. The van der Waals surface area contributed by atoms with E-state index < -0.39 is 0 Å². The fraction of sp³-hybridized carbons (Fsp3) is 0.625. The van der Waals surface area contributed by atoms with E-state index in [4.69, 9.17) is 0 Å². The maximum Gasteiger partial charge on any atom is 0.254 e. The number of hydrogen-bond donors (Lipinski definition) is 1. The topological polar surface area (TPSA) is 54.3 Å². The molecule has 1 aliphatic heterocycles. The Morgan fingerprint density at radius 1 is 1.38 bits per heavy atom. The lowest BCUT2D eigenvalue weighted by Gasteiger charge is -2.26. The molecule has 5 heteroatoms. The zero-order chi connectivity index (χ0) is 14.8. The average molecular weight is 289 g/mol. The highest BCUT2D eigenvalue weighted by atomic mass is 16.2. The van der Waals surface area contributed by atoms with Crippen molar-refractivity contribution in [2.24, 2.45) is 13.0 Å². The highest BCUT2D eigenvalue weighted by Crippen LogP contribution is 2.30. The summed E-state index contributed by atoms with van der Waals surface area (Å²) in [6.45, 7) is 2.62. The summed E-state index contributed by atoms with van der Waals surface area (Å²) in [7, 11) is 1.70. The second-order valence-electron chi connectivity index (χ2n) is 6.31. The first-order chi connectivity index (χ1) is 10.1. The van der Waals surface area contributed by atoms with Gasteiger partial charge in [0.15, 0.2) is 0 Å². The van der Waals surface area contributed by atoms with E-state index in [1.54, 1.807) is 19.3 Å². The first-order valence-electron chi connectivity index (χ1n) is 7.83. The molecule has 2 aliphatic rings. The summed E-state index contributed by atoms with van der Waals surface area (Å²) in [4.78, 5) is 26.4. The van der Waals surface area contributed by atoms with Gasteiger partial charge in [-0.25, -0.2) is 0 Å². The molecular formula is C16H23N3O2. The Kier molecular flexibility index (Phi) is 4.10. The molecule has 1 aliphatic carbocycles. The Bertz CT molecular complexity index is 571. The summed E-state index contributed by atoms with van der Waals surface area (Å²) < 4.78 is 1.49. The summed E-state index contributed by atoms with van der Waals surface area (Å²) in [6.07, 6.45) is 6.42. The quantitative estimate of drug-likeness (QED) is 0.879. The van der Waals surface area contributed by atoms with E-state index in [1.165, 1.54) is 29.9 Å². The summed E-state index contributed by atoms with van der Waals surface area (Å²) in [6, 6.07) is 3.59. The van der Waals surface area contributed by atoms with Crippen LogP contribution in [0.2, 0.25) is 0 Å². The highest BCUT2D eigenvalue weighted by Gasteiger charge is 2.29. The summed E-state index contributed by atoms with van der Waals surface area (Å²) >= 11 is 0. The van der Waals surface area contributed by atoms with Crippen LogP contribution in [0, 0.1) is 5.92 Å². The Hall–Kier alpha value is -1.62. The molecule has 5 nitrogen and oxygen atoms in total. The minimum Gasteiger partial charge on any atom is -0.337 e. The van der Waals surface area contributed by atoms with Crippen LogP contribution in [0.1, 0.15) is 36.0 Å². The predicted octanol–water partition coefficient (Wildman–Crippen LogP) is 0.989. The van der Waals surface area contributed by atoms with Gasteiger partial charge >= 0.3 is 0 Å². The van der Waals surface area contributed by atoms with Crippen molar-refractivity contribution >= 4 is 5.91 Å². The molecule has 21 heavy (non-hydrogen) atoms. The van der Waals surface area contributed by atoms with Gasteiger partial charge in [-0.05, 0) is 44.2 Å². The Morgan fingerprint density at radius 3 is 2.81 bits per heavy atom. The number of hydrogen-bond acceptors (Lipinski definition) is 3. The second-order valence-corrected chi connectivity index (χ2v) is 6.31. The Morgan fingerprint density at radius 2 is 2.19 bits per heavy atom. The maximum atomic E-state index is 12.7. The van der Waals surface area contributed by atoms with Gasteiger partial charge in [-0.2, -0.15) is 0 Å².